The number of carboxylic acids is 1. The third-order valence-corrected chi connectivity index (χ3v) is 3.62. The Labute approximate surface area is 115 Å². The lowest BCUT2D eigenvalue weighted by atomic mass is 9.85. The molecule has 0 saturated carbocycles. The van der Waals surface area contributed by atoms with Gasteiger partial charge in [-0.2, -0.15) is 4.98 Å². The minimum Gasteiger partial charge on any atom is -0.481 e. The zero-order valence-corrected chi connectivity index (χ0v) is 10.7. The van der Waals surface area contributed by atoms with Gasteiger partial charge in [-0.1, -0.05) is 12.1 Å². The maximum atomic E-state index is 11.4. The van der Waals surface area contributed by atoms with E-state index in [1.165, 1.54) is 0 Å². The van der Waals surface area contributed by atoms with E-state index >= 15 is 0 Å². The lowest BCUT2D eigenvalue weighted by Crippen LogP contribution is -2.28. The zero-order chi connectivity index (χ0) is 14.3. The van der Waals surface area contributed by atoms with Gasteiger partial charge in [-0.3, -0.25) is 4.79 Å². The van der Waals surface area contributed by atoms with Crippen LogP contribution in [0.4, 0.5) is 11.6 Å². The van der Waals surface area contributed by atoms with Crippen molar-refractivity contribution in [2.75, 3.05) is 11.5 Å². The number of nitrogen functional groups attached to an aromatic ring is 2. The number of fused-ring (bicyclic) bond motifs is 1. The SMILES string of the molecule is Nc1cccc(C2CC(C(=O)O)c3nc(N)nn3C2)c1. The summed E-state index contributed by atoms with van der Waals surface area (Å²) in [6.45, 7) is 0.562. The van der Waals surface area contributed by atoms with Crippen LogP contribution in [0.1, 0.15) is 29.6 Å². The van der Waals surface area contributed by atoms with Gasteiger partial charge in [-0.05, 0) is 24.1 Å². The van der Waals surface area contributed by atoms with Crippen molar-refractivity contribution in [1.82, 2.24) is 14.8 Å². The second-order valence-electron chi connectivity index (χ2n) is 5.00. The highest BCUT2D eigenvalue weighted by Crippen LogP contribution is 2.36. The van der Waals surface area contributed by atoms with Gasteiger partial charge in [-0.25, -0.2) is 4.68 Å². The van der Waals surface area contributed by atoms with E-state index in [0.29, 0.717) is 24.5 Å². The standard InChI is InChI=1S/C13H15N5O2/c14-9-3-1-2-7(4-9)8-5-10(12(19)20)11-16-13(15)17-18(11)6-8/h1-4,8,10H,5-6,14H2,(H2,15,17)(H,19,20). The Bertz CT molecular complexity index is 667. The van der Waals surface area contributed by atoms with Gasteiger partial charge in [0, 0.05) is 11.6 Å². The molecule has 1 aromatic heterocycles. The first-order valence-corrected chi connectivity index (χ1v) is 6.33. The highest BCUT2D eigenvalue weighted by molar-refractivity contribution is 5.75. The van der Waals surface area contributed by atoms with Gasteiger partial charge in [0.1, 0.15) is 11.7 Å². The third kappa shape index (κ3) is 2.07. The molecule has 104 valence electrons. The Morgan fingerprint density at radius 2 is 2.20 bits per heavy atom. The van der Waals surface area contributed by atoms with Gasteiger partial charge in [-0.15, -0.1) is 5.10 Å². The molecule has 2 aromatic rings. The molecule has 1 aromatic carbocycles. The Hall–Kier alpha value is -2.57. The van der Waals surface area contributed by atoms with E-state index in [9.17, 15) is 9.90 Å². The fourth-order valence-electron chi connectivity index (χ4n) is 2.70. The zero-order valence-electron chi connectivity index (χ0n) is 10.7. The summed E-state index contributed by atoms with van der Waals surface area (Å²) in [5.74, 6) is -1.03. The summed E-state index contributed by atoms with van der Waals surface area (Å²) in [6.07, 6.45) is 0.469. The fourth-order valence-corrected chi connectivity index (χ4v) is 2.70. The van der Waals surface area contributed by atoms with Crippen LogP contribution in [-0.2, 0) is 11.3 Å². The molecule has 20 heavy (non-hydrogen) atoms. The number of nitrogens with two attached hydrogens (primary N) is 2. The molecule has 7 heteroatoms. The van der Waals surface area contributed by atoms with E-state index in [1.807, 2.05) is 18.2 Å². The molecule has 7 nitrogen and oxygen atoms in total. The van der Waals surface area contributed by atoms with Crippen molar-refractivity contribution in [3.05, 3.63) is 35.7 Å². The van der Waals surface area contributed by atoms with E-state index < -0.39 is 11.9 Å². The lowest BCUT2D eigenvalue weighted by molar-refractivity contribution is -0.139. The number of aromatic nitrogens is 3. The lowest BCUT2D eigenvalue weighted by Gasteiger charge is -2.27. The summed E-state index contributed by atoms with van der Waals surface area (Å²) >= 11 is 0. The van der Waals surface area contributed by atoms with Crippen molar-refractivity contribution in [3.8, 4) is 0 Å². The van der Waals surface area contributed by atoms with Crippen LogP contribution in [-0.4, -0.2) is 25.8 Å². The first-order valence-electron chi connectivity index (χ1n) is 6.33. The molecule has 0 spiro atoms. The van der Waals surface area contributed by atoms with Crippen LogP contribution in [0.5, 0.6) is 0 Å². The van der Waals surface area contributed by atoms with Crippen LogP contribution in [0.2, 0.25) is 0 Å². The Morgan fingerprint density at radius 3 is 2.90 bits per heavy atom. The van der Waals surface area contributed by atoms with Crippen molar-refractivity contribution < 1.29 is 9.90 Å². The number of carbonyl (C=O) groups is 1. The maximum absolute atomic E-state index is 11.4. The normalized spacial score (nSPS) is 21.4. The third-order valence-electron chi connectivity index (χ3n) is 3.62. The number of nitrogens with zero attached hydrogens (tertiary/aromatic N) is 3. The van der Waals surface area contributed by atoms with Crippen molar-refractivity contribution >= 4 is 17.6 Å². The van der Waals surface area contributed by atoms with Crippen LogP contribution in [0.15, 0.2) is 24.3 Å². The minimum absolute atomic E-state index is 0.0354. The second-order valence-corrected chi connectivity index (χ2v) is 5.00. The van der Waals surface area contributed by atoms with Gasteiger partial charge >= 0.3 is 5.97 Å². The Balaban J connectivity index is 1.99. The van der Waals surface area contributed by atoms with Crippen LogP contribution in [0.25, 0.3) is 0 Å². The summed E-state index contributed by atoms with van der Waals surface area (Å²) < 4.78 is 1.59. The van der Waals surface area contributed by atoms with Gasteiger partial charge in [0.2, 0.25) is 5.95 Å². The molecule has 1 aliphatic rings. The number of carboxylic acid groups (broad SMARTS) is 1. The first kappa shape index (κ1) is 12.5. The largest absolute Gasteiger partial charge is 0.481 e. The quantitative estimate of drug-likeness (QED) is 0.696. The molecule has 2 unspecified atom stereocenters. The summed E-state index contributed by atoms with van der Waals surface area (Å²) in [5.41, 5.74) is 13.0. The van der Waals surface area contributed by atoms with Crippen LogP contribution < -0.4 is 11.5 Å². The molecule has 1 aliphatic heterocycles. The molecule has 0 saturated heterocycles. The highest BCUT2D eigenvalue weighted by atomic mass is 16.4. The highest BCUT2D eigenvalue weighted by Gasteiger charge is 2.35. The molecular weight excluding hydrogens is 258 g/mol. The number of rotatable bonds is 2. The van der Waals surface area contributed by atoms with E-state index in [4.69, 9.17) is 11.5 Å². The van der Waals surface area contributed by atoms with E-state index in [0.717, 1.165) is 5.56 Å². The van der Waals surface area contributed by atoms with Crippen molar-refractivity contribution in [1.29, 1.82) is 0 Å². The molecule has 3 rings (SSSR count). The minimum atomic E-state index is -0.910. The fraction of sp³-hybridized carbons (Fsp3) is 0.308. The van der Waals surface area contributed by atoms with Crippen LogP contribution in [0.3, 0.4) is 0 Å². The summed E-state index contributed by atoms with van der Waals surface area (Å²) in [5, 5.41) is 13.4. The number of aliphatic carboxylic acids is 1. The Morgan fingerprint density at radius 1 is 1.40 bits per heavy atom. The van der Waals surface area contributed by atoms with Crippen LogP contribution >= 0.6 is 0 Å². The molecular formula is C13H15N5O2. The first-order chi connectivity index (χ1) is 9.54. The van der Waals surface area contributed by atoms with Gasteiger partial charge in [0.05, 0.1) is 6.54 Å². The second kappa shape index (κ2) is 4.52. The molecule has 2 heterocycles. The van der Waals surface area contributed by atoms with E-state index in [-0.39, 0.29) is 11.9 Å². The monoisotopic (exact) mass is 273 g/mol. The smallest absolute Gasteiger partial charge is 0.314 e. The van der Waals surface area contributed by atoms with Gasteiger partial charge < -0.3 is 16.6 Å². The number of benzene rings is 1. The molecule has 0 fully saturated rings. The van der Waals surface area contributed by atoms with Crippen molar-refractivity contribution in [2.45, 2.75) is 24.8 Å². The molecule has 0 radical (unpaired) electrons. The predicted octanol–water partition coefficient (Wildman–Crippen LogP) is 0.798. The number of hydrogen-bond acceptors (Lipinski definition) is 5. The van der Waals surface area contributed by atoms with E-state index in [2.05, 4.69) is 10.1 Å². The van der Waals surface area contributed by atoms with Gasteiger partial charge in [0.25, 0.3) is 0 Å². The van der Waals surface area contributed by atoms with Crippen molar-refractivity contribution in [3.63, 3.8) is 0 Å². The average Bonchev–Trinajstić information content (AvgIpc) is 2.77. The number of anilines is 2. The maximum Gasteiger partial charge on any atom is 0.314 e. The molecule has 5 N–H and O–H groups in total. The predicted molar refractivity (Wildman–Crippen MR) is 73.0 cm³/mol. The summed E-state index contributed by atoms with van der Waals surface area (Å²) in [4.78, 5) is 15.4. The van der Waals surface area contributed by atoms with Gasteiger partial charge in [0.15, 0.2) is 0 Å². The Kier molecular flexibility index (Phi) is 2.81. The summed E-state index contributed by atoms with van der Waals surface area (Å²) in [7, 11) is 0. The molecule has 0 amide bonds. The van der Waals surface area contributed by atoms with E-state index in [1.54, 1.807) is 10.7 Å². The number of hydrogen-bond donors (Lipinski definition) is 3. The summed E-state index contributed by atoms with van der Waals surface area (Å²) in [6, 6.07) is 7.49. The van der Waals surface area contributed by atoms with Crippen molar-refractivity contribution in [2.24, 2.45) is 0 Å². The van der Waals surface area contributed by atoms with Crippen LogP contribution in [0, 0.1) is 0 Å². The average molecular weight is 273 g/mol. The molecule has 2 atom stereocenters. The molecule has 0 bridgehead atoms. The topological polar surface area (TPSA) is 120 Å². The molecule has 0 aliphatic carbocycles.